The topological polar surface area (TPSA) is 88.5 Å². The lowest BCUT2D eigenvalue weighted by molar-refractivity contribution is -0.384. The van der Waals surface area contributed by atoms with Gasteiger partial charge in [-0.3, -0.25) is 15.0 Å². The third-order valence-corrected chi connectivity index (χ3v) is 5.47. The second-order valence-corrected chi connectivity index (χ2v) is 7.70. The van der Waals surface area contributed by atoms with Crippen LogP contribution in [0.1, 0.15) is 17.0 Å². The monoisotopic (exact) mass is 465 g/mol. The minimum Gasteiger partial charge on any atom is -0.363 e. The van der Waals surface area contributed by atoms with Crippen LogP contribution in [-0.4, -0.2) is 46.1 Å². The zero-order valence-corrected chi connectivity index (χ0v) is 17.5. The largest absolute Gasteiger partial charge is 0.416 e. The summed E-state index contributed by atoms with van der Waals surface area (Å²) < 4.78 is 57.8. The van der Waals surface area contributed by atoms with E-state index < -0.39 is 22.4 Å². The van der Waals surface area contributed by atoms with E-state index in [1.807, 2.05) is 4.90 Å². The molecule has 0 amide bonds. The Hall–Kier alpha value is -3.54. The molecule has 0 bridgehead atoms. The van der Waals surface area contributed by atoms with E-state index in [1.165, 1.54) is 6.07 Å². The van der Waals surface area contributed by atoms with Crippen molar-refractivity contribution in [1.82, 2.24) is 15.0 Å². The molecule has 0 radical (unpaired) electrons. The molecule has 174 valence electrons. The summed E-state index contributed by atoms with van der Waals surface area (Å²) in [7, 11) is 0. The second-order valence-electron chi connectivity index (χ2n) is 7.70. The quantitative estimate of drug-likeness (QED) is 0.313. The smallest absolute Gasteiger partial charge is 0.363 e. The van der Waals surface area contributed by atoms with Crippen LogP contribution >= 0.6 is 0 Å². The predicted octanol–water partition coefficient (Wildman–Crippen LogP) is 4.43. The Morgan fingerprint density at radius 1 is 1.12 bits per heavy atom. The molecule has 1 aliphatic heterocycles. The number of benzene rings is 2. The highest BCUT2D eigenvalue weighted by Gasteiger charge is 2.34. The molecule has 1 aromatic heterocycles. The number of aryl methyl sites for hydroxylation is 1. The Labute approximate surface area is 185 Å². The first-order valence-electron chi connectivity index (χ1n) is 10.0. The van der Waals surface area contributed by atoms with Crippen LogP contribution in [0.15, 0.2) is 40.9 Å². The lowest BCUT2D eigenvalue weighted by Gasteiger charge is -2.35. The molecule has 12 heteroatoms. The molecule has 3 aromatic rings. The molecule has 0 aliphatic carbocycles. The summed E-state index contributed by atoms with van der Waals surface area (Å²) in [6.45, 7) is 3.68. The van der Waals surface area contributed by atoms with Gasteiger partial charge in [-0.2, -0.15) is 18.2 Å². The Kier molecular flexibility index (Phi) is 6.02. The number of piperazine rings is 1. The molecule has 1 aliphatic rings. The van der Waals surface area contributed by atoms with Crippen molar-refractivity contribution in [1.29, 1.82) is 0 Å². The summed E-state index contributed by atoms with van der Waals surface area (Å²) in [6.07, 6.45) is -4.66. The van der Waals surface area contributed by atoms with Crippen LogP contribution in [0.25, 0.3) is 11.4 Å². The SMILES string of the molecule is Cc1ccc(-c2noc(CN3CCN(c4ccc(C(F)(F)F)cc4[N+](=O)[O-])CC3)n2)cc1F. The number of alkyl halides is 3. The summed E-state index contributed by atoms with van der Waals surface area (Å²) in [5, 5.41) is 15.2. The van der Waals surface area contributed by atoms with Crippen LogP contribution in [0, 0.1) is 22.9 Å². The van der Waals surface area contributed by atoms with Crippen molar-refractivity contribution in [3.8, 4) is 11.4 Å². The summed E-state index contributed by atoms with van der Waals surface area (Å²) in [5.41, 5.74) is -0.488. The molecule has 0 spiro atoms. The normalized spacial score (nSPS) is 15.1. The number of anilines is 1. The average molecular weight is 465 g/mol. The van der Waals surface area contributed by atoms with Crippen LogP contribution in [0.3, 0.4) is 0 Å². The number of nitro benzene ring substituents is 1. The molecule has 2 aromatic carbocycles. The molecule has 0 saturated carbocycles. The number of aromatic nitrogens is 2. The van der Waals surface area contributed by atoms with Crippen molar-refractivity contribution < 1.29 is 27.0 Å². The number of rotatable bonds is 5. The van der Waals surface area contributed by atoms with Crippen LogP contribution in [0.5, 0.6) is 0 Å². The van der Waals surface area contributed by atoms with Crippen molar-refractivity contribution in [2.24, 2.45) is 0 Å². The van der Waals surface area contributed by atoms with Crippen molar-refractivity contribution in [2.45, 2.75) is 19.6 Å². The highest BCUT2D eigenvalue weighted by molar-refractivity contribution is 5.65. The van der Waals surface area contributed by atoms with Gasteiger partial charge in [0.15, 0.2) is 0 Å². The fraction of sp³-hybridized carbons (Fsp3) is 0.333. The van der Waals surface area contributed by atoms with Gasteiger partial charge in [0.1, 0.15) is 11.5 Å². The lowest BCUT2D eigenvalue weighted by Crippen LogP contribution is -2.46. The van der Waals surface area contributed by atoms with E-state index in [4.69, 9.17) is 4.52 Å². The van der Waals surface area contributed by atoms with Crippen molar-refractivity contribution in [2.75, 3.05) is 31.1 Å². The van der Waals surface area contributed by atoms with Crippen molar-refractivity contribution in [3.63, 3.8) is 0 Å². The maximum Gasteiger partial charge on any atom is 0.416 e. The number of hydrogen-bond donors (Lipinski definition) is 0. The van der Waals surface area contributed by atoms with Gasteiger partial charge in [0.05, 0.1) is 17.0 Å². The summed E-state index contributed by atoms with van der Waals surface area (Å²) in [6, 6.07) is 7.21. The number of halogens is 4. The fourth-order valence-electron chi connectivity index (χ4n) is 3.62. The number of hydrogen-bond acceptors (Lipinski definition) is 7. The van der Waals surface area contributed by atoms with Gasteiger partial charge in [-0.1, -0.05) is 17.3 Å². The molecule has 2 heterocycles. The van der Waals surface area contributed by atoms with E-state index in [9.17, 15) is 27.7 Å². The minimum atomic E-state index is -4.66. The third-order valence-electron chi connectivity index (χ3n) is 5.47. The number of nitro groups is 1. The average Bonchev–Trinajstić information content (AvgIpc) is 3.23. The van der Waals surface area contributed by atoms with E-state index >= 15 is 0 Å². The fourth-order valence-corrected chi connectivity index (χ4v) is 3.62. The standard InChI is InChI=1S/C21H19F4N5O3/c1-13-2-3-14(10-16(13)22)20-26-19(33-27-20)12-28-6-8-29(9-7-28)17-5-4-15(21(23,24)25)11-18(17)30(31)32/h2-5,10-11H,6-9,12H2,1H3. The van der Waals surface area contributed by atoms with Crippen LogP contribution in [0.2, 0.25) is 0 Å². The van der Waals surface area contributed by atoms with E-state index in [-0.39, 0.29) is 17.3 Å². The van der Waals surface area contributed by atoms with Gasteiger partial charge in [-0.25, -0.2) is 4.39 Å². The summed E-state index contributed by atoms with van der Waals surface area (Å²) in [5.74, 6) is 0.232. The molecule has 1 fully saturated rings. The highest BCUT2D eigenvalue weighted by Crippen LogP contribution is 2.36. The van der Waals surface area contributed by atoms with Gasteiger partial charge in [-0.05, 0) is 30.7 Å². The Balaban J connectivity index is 1.41. The van der Waals surface area contributed by atoms with Gasteiger partial charge < -0.3 is 9.42 Å². The van der Waals surface area contributed by atoms with Crippen LogP contribution in [0.4, 0.5) is 28.9 Å². The first-order chi connectivity index (χ1) is 15.6. The predicted molar refractivity (Wildman–Crippen MR) is 110 cm³/mol. The Bertz CT molecular complexity index is 1170. The van der Waals surface area contributed by atoms with Crippen LogP contribution < -0.4 is 4.90 Å². The molecule has 0 unspecified atom stereocenters. The zero-order chi connectivity index (χ0) is 23.8. The highest BCUT2D eigenvalue weighted by atomic mass is 19.4. The van der Waals surface area contributed by atoms with Crippen LogP contribution in [-0.2, 0) is 12.7 Å². The summed E-state index contributed by atoms with van der Waals surface area (Å²) >= 11 is 0. The van der Waals surface area contributed by atoms with E-state index in [0.717, 1.165) is 12.1 Å². The van der Waals surface area contributed by atoms with E-state index in [0.29, 0.717) is 55.8 Å². The second kappa shape index (κ2) is 8.77. The van der Waals surface area contributed by atoms with Crippen molar-refractivity contribution >= 4 is 11.4 Å². The molecule has 1 saturated heterocycles. The molecule has 0 atom stereocenters. The first kappa shape index (κ1) is 22.6. The molecule has 33 heavy (non-hydrogen) atoms. The molecule has 8 nitrogen and oxygen atoms in total. The minimum absolute atomic E-state index is 0.147. The Morgan fingerprint density at radius 2 is 1.85 bits per heavy atom. The van der Waals surface area contributed by atoms with E-state index in [2.05, 4.69) is 10.1 Å². The third kappa shape index (κ3) is 4.95. The zero-order valence-electron chi connectivity index (χ0n) is 17.5. The van der Waals surface area contributed by atoms with Gasteiger partial charge in [0.25, 0.3) is 5.69 Å². The van der Waals surface area contributed by atoms with Gasteiger partial charge in [0.2, 0.25) is 11.7 Å². The molecular weight excluding hydrogens is 446 g/mol. The maximum atomic E-state index is 13.8. The van der Waals surface area contributed by atoms with Gasteiger partial charge in [0, 0.05) is 37.8 Å². The number of nitrogens with zero attached hydrogens (tertiary/aromatic N) is 5. The lowest BCUT2D eigenvalue weighted by atomic mass is 10.1. The summed E-state index contributed by atoms with van der Waals surface area (Å²) in [4.78, 5) is 18.5. The Morgan fingerprint density at radius 3 is 2.48 bits per heavy atom. The molecule has 0 N–H and O–H groups in total. The van der Waals surface area contributed by atoms with Gasteiger partial charge >= 0.3 is 6.18 Å². The molecule has 4 rings (SSSR count). The molecular formula is C21H19F4N5O3. The van der Waals surface area contributed by atoms with Gasteiger partial charge in [-0.15, -0.1) is 0 Å². The first-order valence-corrected chi connectivity index (χ1v) is 10.0. The maximum absolute atomic E-state index is 13.8. The van der Waals surface area contributed by atoms with E-state index in [1.54, 1.807) is 24.0 Å². The van der Waals surface area contributed by atoms with Crippen molar-refractivity contribution in [3.05, 3.63) is 69.3 Å².